The van der Waals surface area contributed by atoms with Crippen LogP contribution in [0.1, 0.15) is 39.8 Å². The van der Waals surface area contributed by atoms with Crippen molar-refractivity contribution in [3.63, 3.8) is 0 Å². The van der Waals surface area contributed by atoms with Crippen molar-refractivity contribution in [1.82, 2.24) is 20.1 Å². The monoisotopic (exact) mass is 480 g/mol. The summed E-state index contributed by atoms with van der Waals surface area (Å²) < 4.78 is 40.2. The molecule has 0 saturated carbocycles. The largest absolute Gasteiger partial charge is 0.416 e. The summed E-state index contributed by atoms with van der Waals surface area (Å²) in [5, 5.41) is 12.2. The zero-order chi connectivity index (χ0) is 23.1. The van der Waals surface area contributed by atoms with Crippen molar-refractivity contribution in [3.8, 4) is 0 Å². The number of halogens is 3. The maximum absolute atomic E-state index is 12.8. The van der Waals surface area contributed by atoms with Gasteiger partial charge in [-0.25, -0.2) is 0 Å². The van der Waals surface area contributed by atoms with Crippen LogP contribution in [0.15, 0.2) is 59.8 Å². The number of hydrogen-bond acceptors (Lipinski definition) is 5. The molecule has 0 aliphatic rings. The number of aromatic nitrogens is 3. The van der Waals surface area contributed by atoms with Gasteiger partial charge in [0, 0.05) is 18.4 Å². The number of nitrogens with one attached hydrogen (secondary N) is 1. The molecule has 0 unspecified atom stereocenters. The highest BCUT2D eigenvalue weighted by atomic mass is 32.2. The van der Waals surface area contributed by atoms with Crippen molar-refractivity contribution in [3.05, 3.63) is 77.1 Å². The molecule has 3 rings (SSSR count). The van der Waals surface area contributed by atoms with Crippen molar-refractivity contribution >= 4 is 29.4 Å². The van der Waals surface area contributed by atoms with E-state index in [1.807, 2.05) is 48.2 Å². The third kappa shape index (κ3) is 6.29. The molecule has 1 atom stereocenters. The van der Waals surface area contributed by atoms with Crippen molar-refractivity contribution in [2.75, 3.05) is 12.0 Å². The minimum Gasteiger partial charge on any atom is -0.342 e. The minimum atomic E-state index is -4.44. The van der Waals surface area contributed by atoms with Crippen LogP contribution < -0.4 is 5.32 Å². The zero-order valence-corrected chi connectivity index (χ0v) is 19.2. The fourth-order valence-corrected chi connectivity index (χ4v) is 4.38. The first-order valence-corrected chi connectivity index (χ1v) is 12.2. The summed E-state index contributed by atoms with van der Waals surface area (Å²) in [4.78, 5) is 12.7. The topological polar surface area (TPSA) is 59.8 Å². The Balaban J connectivity index is 1.73. The molecule has 1 amide bonds. The van der Waals surface area contributed by atoms with E-state index in [9.17, 15) is 18.0 Å². The van der Waals surface area contributed by atoms with Gasteiger partial charge < -0.3 is 9.88 Å². The number of thioether (sulfide) groups is 2. The lowest BCUT2D eigenvalue weighted by atomic mass is 10.1. The van der Waals surface area contributed by atoms with Crippen LogP contribution in [0.2, 0.25) is 0 Å². The molecule has 5 nitrogen and oxygen atoms in total. The molecule has 10 heteroatoms. The van der Waals surface area contributed by atoms with Gasteiger partial charge in [0.1, 0.15) is 0 Å². The van der Waals surface area contributed by atoms with Gasteiger partial charge in [0.05, 0.1) is 11.6 Å². The van der Waals surface area contributed by atoms with Gasteiger partial charge in [-0.1, -0.05) is 42.1 Å². The van der Waals surface area contributed by atoms with Gasteiger partial charge in [0.2, 0.25) is 0 Å². The molecule has 0 bridgehead atoms. The van der Waals surface area contributed by atoms with Gasteiger partial charge in [0.15, 0.2) is 11.0 Å². The van der Waals surface area contributed by atoms with Crippen LogP contribution >= 0.6 is 23.5 Å². The van der Waals surface area contributed by atoms with Crippen LogP contribution in [0.3, 0.4) is 0 Å². The van der Waals surface area contributed by atoms with E-state index in [1.165, 1.54) is 12.1 Å². The van der Waals surface area contributed by atoms with E-state index in [2.05, 4.69) is 15.5 Å². The molecule has 170 valence electrons. The molecule has 0 spiro atoms. The van der Waals surface area contributed by atoms with Crippen molar-refractivity contribution in [2.24, 2.45) is 7.05 Å². The maximum atomic E-state index is 12.8. The molecule has 2 aromatic carbocycles. The predicted molar refractivity (Wildman–Crippen MR) is 122 cm³/mol. The smallest absolute Gasteiger partial charge is 0.342 e. The van der Waals surface area contributed by atoms with Crippen LogP contribution in [0.25, 0.3) is 0 Å². The molecule has 0 aliphatic heterocycles. The van der Waals surface area contributed by atoms with Gasteiger partial charge in [0.25, 0.3) is 5.91 Å². The summed E-state index contributed by atoms with van der Waals surface area (Å²) in [6.07, 6.45) is -1.86. The predicted octanol–water partition coefficient (Wildman–Crippen LogP) is 5.35. The summed E-state index contributed by atoms with van der Waals surface area (Å²) in [6.45, 7) is 0. The second kappa shape index (κ2) is 10.9. The lowest BCUT2D eigenvalue weighted by Crippen LogP contribution is -2.31. The number of alkyl halides is 3. The van der Waals surface area contributed by atoms with Gasteiger partial charge in [-0.05, 0) is 48.3 Å². The summed E-state index contributed by atoms with van der Waals surface area (Å²) in [5.74, 6) is 1.67. The number of rotatable bonds is 9. The van der Waals surface area contributed by atoms with Gasteiger partial charge in [-0.15, -0.1) is 10.2 Å². The normalized spacial score (nSPS) is 12.5. The highest BCUT2D eigenvalue weighted by Gasteiger charge is 2.30. The second-order valence-corrected chi connectivity index (χ2v) is 8.98. The fourth-order valence-electron chi connectivity index (χ4n) is 3.03. The molecule has 0 fully saturated rings. The highest BCUT2D eigenvalue weighted by molar-refractivity contribution is 7.98. The van der Waals surface area contributed by atoms with E-state index in [1.54, 1.807) is 23.5 Å². The van der Waals surface area contributed by atoms with E-state index in [-0.39, 0.29) is 5.56 Å². The quantitative estimate of drug-likeness (QED) is 0.419. The van der Waals surface area contributed by atoms with Crippen molar-refractivity contribution in [2.45, 2.75) is 29.5 Å². The first kappa shape index (κ1) is 24.2. The maximum Gasteiger partial charge on any atom is 0.416 e. The SMILES string of the molecule is CSCC[C@H](NC(=O)c1ccc(C(F)(F)F)cc1)c1nnc(SCc2ccccc2)n1C. The van der Waals surface area contributed by atoms with Gasteiger partial charge in [-0.3, -0.25) is 4.79 Å². The Bertz CT molecular complexity index is 1020. The van der Waals surface area contributed by atoms with Crippen molar-refractivity contribution < 1.29 is 18.0 Å². The van der Waals surface area contributed by atoms with Crippen LogP contribution in [0, 0.1) is 0 Å². The van der Waals surface area contributed by atoms with E-state index < -0.39 is 23.7 Å². The third-order valence-electron chi connectivity index (χ3n) is 4.78. The van der Waals surface area contributed by atoms with E-state index in [0.717, 1.165) is 34.4 Å². The number of nitrogens with zero attached hydrogens (tertiary/aromatic N) is 3. The Morgan fingerprint density at radius 1 is 1.09 bits per heavy atom. The van der Waals surface area contributed by atoms with E-state index >= 15 is 0 Å². The number of hydrogen-bond donors (Lipinski definition) is 1. The molecule has 1 N–H and O–H groups in total. The molecule has 0 aliphatic carbocycles. The fraction of sp³-hybridized carbons (Fsp3) is 0.318. The average Bonchev–Trinajstić information content (AvgIpc) is 3.15. The van der Waals surface area contributed by atoms with Crippen LogP contribution in [-0.2, 0) is 19.0 Å². The Hall–Kier alpha value is -2.46. The van der Waals surface area contributed by atoms with Gasteiger partial charge >= 0.3 is 6.18 Å². The van der Waals surface area contributed by atoms with Crippen LogP contribution in [0.4, 0.5) is 13.2 Å². The second-order valence-electron chi connectivity index (χ2n) is 7.06. The molecule has 0 saturated heterocycles. The summed E-state index contributed by atoms with van der Waals surface area (Å²) in [6, 6.07) is 13.8. The minimum absolute atomic E-state index is 0.160. The third-order valence-corrected chi connectivity index (χ3v) is 6.52. The highest BCUT2D eigenvalue weighted by Crippen LogP contribution is 2.29. The molecule has 1 heterocycles. The zero-order valence-electron chi connectivity index (χ0n) is 17.6. The van der Waals surface area contributed by atoms with E-state index in [4.69, 9.17) is 0 Å². The lowest BCUT2D eigenvalue weighted by molar-refractivity contribution is -0.137. The average molecular weight is 481 g/mol. The number of benzene rings is 2. The molecular weight excluding hydrogens is 457 g/mol. The van der Waals surface area contributed by atoms with Gasteiger partial charge in [-0.2, -0.15) is 24.9 Å². The standard InChI is InChI=1S/C22H23F3N4OS2/c1-29-19(27-28-21(29)32-14-15-6-4-3-5-7-15)18(12-13-31-2)26-20(30)16-8-10-17(11-9-16)22(23,24)25/h3-11,18H,12-14H2,1-2H3,(H,26,30)/t18-/m0/s1. The Kier molecular flexibility index (Phi) is 8.25. The Morgan fingerprint density at radius 3 is 2.41 bits per heavy atom. The lowest BCUT2D eigenvalue weighted by Gasteiger charge is -2.18. The first-order valence-electron chi connectivity index (χ1n) is 9.82. The first-order chi connectivity index (χ1) is 15.3. The van der Waals surface area contributed by atoms with E-state index in [0.29, 0.717) is 12.2 Å². The Morgan fingerprint density at radius 2 is 1.78 bits per heavy atom. The molecule has 32 heavy (non-hydrogen) atoms. The summed E-state index contributed by atoms with van der Waals surface area (Å²) in [7, 11) is 1.85. The number of amides is 1. The van der Waals surface area contributed by atoms with Crippen molar-refractivity contribution in [1.29, 1.82) is 0 Å². The molecular formula is C22H23F3N4OS2. The summed E-state index contributed by atoms with van der Waals surface area (Å²) in [5.41, 5.74) is 0.533. The molecule has 3 aromatic rings. The van der Waals surface area contributed by atoms with Crippen LogP contribution in [-0.4, -0.2) is 32.7 Å². The summed E-state index contributed by atoms with van der Waals surface area (Å²) >= 11 is 3.18. The van der Waals surface area contributed by atoms with Crippen LogP contribution in [0.5, 0.6) is 0 Å². The number of carbonyl (C=O) groups excluding carboxylic acids is 1. The number of carbonyl (C=O) groups is 1. The molecule has 1 aromatic heterocycles. The Labute approximate surface area is 193 Å². The molecule has 0 radical (unpaired) electrons.